The Bertz CT molecular complexity index is 2650. The van der Waals surface area contributed by atoms with E-state index in [-0.39, 0.29) is 0 Å². The van der Waals surface area contributed by atoms with E-state index in [1.165, 1.54) is 0 Å². The van der Waals surface area contributed by atoms with E-state index in [1.807, 2.05) is 146 Å². The molecule has 0 atom stereocenters. The van der Waals surface area contributed by atoms with E-state index in [4.69, 9.17) is 42.9 Å². The van der Waals surface area contributed by atoms with Crippen LogP contribution in [0.5, 0.6) is 0 Å². The maximum absolute atomic E-state index is 6.88. The van der Waals surface area contributed by atoms with E-state index >= 15 is 0 Å². The van der Waals surface area contributed by atoms with Crippen molar-refractivity contribution in [1.29, 1.82) is 0 Å². The zero-order valence-electron chi connectivity index (χ0n) is 28.0. The van der Waals surface area contributed by atoms with Crippen LogP contribution in [0.4, 0.5) is 22.7 Å². The number of benzene rings is 4. The van der Waals surface area contributed by atoms with Gasteiger partial charge in [-0.05, 0) is 72.9 Å². The average molecular weight is 673 g/mol. The highest BCUT2D eigenvalue weighted by Crippen LogP contribution is 2.49. The van der Waals surface area contributed by atoms with E-state index in [0.717, 1.165) is 67.4 Å². The summed E-state index contributed by atoms with van der Waals surface area (Å²) in [5.41, 5.74) is 41.7. The molecule has 4 aromatic rings. The van der Waals surface area contributed by atoms with Gasteiger partial charge < -0.3 is 22.9 Å². The minimum absolute atomic E-state index is 0.564. The lowest BCUT2D eigenvalue weighted by Gasteiger charge is -2.20. The predicted molar refractivity (Wildman–Crippen MR) is 217 cm³/mol. The van der Waals surface area contributed by atoms with E-state index in [9.17, 15) is 0 Å². The van der Waals surface area contributed by atoms with Crippen LogP contribution >= 0.6 is 0 Å². The largest absolute Gasteiger partial charge is 0.398 e. The smallest absolute Gasteiger partial charge is 0.0824 e. The summed E-state index contributed by atoms with van der Waals surface area (Å²) in [6, 6.07) is 31.2. The number of nitrogens with two attached hydrogens (primary N) is 4. The Morgan fingerprint density at radius 2 is 0.827 bits per heavy atom. The maximum Gasteiger partial charge on any atom is 0.0824 e. The molecule has 5 aliphatic rings. The summed E-state index contributed by atoms with van der Waals surface area (Å²) in [6.07, 6.45) is 15.9. The first-order valence-corrected chi connectivity index (χ1v) is 16.9. The molecule has 4 aromatic carbocycles. The van der Waals surface area contributed by atoms with Gasteiger partial charge in [0.2, 0.25) is 0 Å². The zero-order chi connectivity index (χ0) is 35.3. The molecule has 52 heavy (non-hydrogen) atoms. The van der Waals surface area contributed by atoms with Crippen LogP contribution in [0.2, 0.25) is 0 Å². The molecule has 8 N–H and O–H groups in total. The number of hydrogen-bond donors (Lipinski definition) is 4. The number of fused-ring (bicyclic) bond motifs is 4. The van der Waals surface area contributed by atoms with E-state index in [1.54, 1.807) is 0 Å². The highest BCUT2D eigenvalue weighted by Gasteiger charge is 2.35. The van der Waals surface area contributed by atoms with Crippen LogP contribution < -0.4 is 22.9 Å². The number of rotatable bonds is 4. The number of para-hydroxylation sites is 4. The normalized spacial score (nSPS) is 17.4. The van der Waals surface area contributed by atoms with Crippen LogP contribution in [0.1, 0.15) is 22.3 Å². The third kappa shape index (κ3) is 5.26. The van der Waals surface area contributed by atoms with Crippen LogP contribution in [0, 0.1) is 0 Å². The highest BCUT2D eigenvalue weighted by molar-refractivity contribution is 6.51. The molecule has 8 bridgehead atoms. The molecule has 0 saturated heterocycles. The first kappa shape index (κ1) is 30.7. The van der Waals surface area contributed by atoms with Gasteiger partial charge in [0.15, 0.2) is 0 Å². The first-order chi connectivity index (χ1) is 25.4. The molecule has 0 unspecified atom stereocenters. The zero-order valence-corrected chi connectivity index (χ0v) is 28.0. The maximum atomic E-state index is 6.88. The van der Waals surface area contributed by atoms with Gasteiger partial charge in [0, 0.05) is 67.3 Å². The van der Waals surface area contributed by atoms with Crippen molar-refractivity contribution >= 4 is 67.9 Å². The number of allylic oxidation sites excluding steroid dienone is 12. The van der Waals surface area contributed by atoms with Crippen molar-refractivity contribution in [3.63, 3.8) is 0 Å². The van der Waals surface area contributed by atoms with Crippen LogP contribution in [-0.4, -0.2) is 22.8 Å². The SMILES string of the molecule is Nc1ccccc1C1=CC2=CC3=NC(=CC4=NC(=CC5=NC(=C(c6ccccc6N)C1=N2)C(c1ccccc1N)=C5c1ccccc1N)C=C4)C=C3. The van der Waals surface area contributed by atoms with Gasteiger partial charge in [-0.1, -0.05) is 72.8 Å². The second kappa shape index (κ2) is 12.2. The highest BCUT2D eigenvalue weighted by atomic mass is 14.9. The van der Waals surface area contributed by atoms with Crippen LogP contribution in [0.3, 0.4) is 0 Å². The summed E-state index contributed by atoms with van der Waals surface area (Å²) in [6.45, 7) is 0. The van der Waals surface area contributed by atoms with Gasteiger partial charge in [-0.25, -0.2) is 20.0 Å². The van der Waals surface area contributed by atoms with E-state index in [0.29, 0.717) is 45.6 Å². The van der Waals surface area contributed by atoms with Crippen molar-refractivity contribution in [3.8, 4) is 0 Å². The van der Waals surface area contributed by atoms with Crippen molar-refractivity contribution in [3.05, 3.63) is 191 Å². The molecular weight excluding hydrogens is 641 g/mol. The van der Waals surface area contributed by atoms with Crippen LogP contribution in [0.15, 0.2) is 188 Å². The summed E-state index contributed by atoms with van der Waals surface area (Å²) < 4.78 is 0. The summed E-state index contributed by atoms with van der Waals surface area (Å²) in [7, 11) is 0. The third-order valence-corrected chi connectivity index (χ3v) is 9.42. The Morgan fingerprint density at radius 3 is 1.38 bits per heavy atom. The first-order valence-electron chi connectivity index (χ1n) is 16.9. The Labute approximate surface area is 300 Å². The fourth-order valence-corrected chi connectivity index (χ4v) is 7.04. The topological polar surface area (TPSA) is 154 Å². The fraction of sp³-hybridized carbons (Fsp3) is 0. The van der Waals surface area contributed by atoms with Crippen molar-refractivity contribution in [2.45, 2.75) is 0 Å². The Balaban J connectivity index is 1.47. The molecule has 8 heteroatoms. The monoisotopic (exact) mass is 672 g/mol. The molecule has 9 rings (SSSR count). The van der Waals surface area contributed by atoms with Gasteiger partial charge in [-0.2, -0.15) is 0 Å². The van der Waals surface area contributed by atoms with Gasteiger partial charge >= 0.3 is 0 Å². The van der Waals surface area contributed by atoms with Gasteiger partial charge in [0.25, 0.3) is 0 Å². The van der Waals surface area contributed by atoms with Gasteiger partial charge in [-0.3, -0.25) is 0 Å². The lowest BCUT2D eigenvalue weighted by atomic mass is 9.84. The standard InChI is InChI=1S/C44H32N8/c45-35-13-5-1-9-30(35)34-23-29-22-27-18-17-25(49-27)21-26-19-20-28(50-26)24-39-40(31-10-2-6-14-36(31)46)41(32-11-3-7-15-37(32)47)44(52-39)42(43(34)51-29)33-12-4-8-16-38(33)48/h1-24H,45-48H2. The number of anilines is 4. The molecule has 248 valence electrons. The summed E-state index contributed by atoms with van der Waals surface area (Å²) >= 11 is 0. The number of nitrogen functional groups attached to an aromatic ring is 4. The molecule has 0 aliphatic carbocycles. The lowest BCUT2D eigenvalue weighted by molar-refractivity contribution is 1.41. The molecule has 8 nitrogen and oxygen atoms in total. The molecule has 5 aliphatic heterocycles. The van der Waals surface area contributed by atoms with Crippen molar-refractivity contribution in [2.24, 2.45) is 20.0 Å². The summed E-state index contributed by atoms with van der Waals surface area (Å²) in [5, 5.41) is 0. The van der Waals surface area contributed by atoms with Crippen molar-refractivity contribution in [1.82, 2.24) is 0 Å². The predicted octanol–water partition coefficient (Wildman–Crippen LogP) is 8.02. The van der Waals surface area contributed by atoms with Gasteiger partial charge in [0.1, 0.15) is 0 Å². The molecule has 0 aromatic heterocycles. The third-order valence-electron chi connectivity index (χ3n) is 9.42. The van der Waals surface area contributed by atoms with Crippen molar-refractivity contribution in [2.75, 3.05) is 22.9 Å². The van der Waals surface area contributed by atoms with Gasteiger partial charge in [0.05, 0.1) is 45.6 Å². The van der Waals surface area contributed by atoms with E-state index in [2.05, 4.69) is 0 Å². The molecule has 0 fully saturated rings. The Morgan fingerprint density at radius 1 is 0.365 bits per heavy atom. The lowest BCUT2D eigenvalue weighted by Crippen LogP contribution is -2.10. The molecule has 5 heterocycles. The molecule has 0 radical (unpaired) electrons. The van der Waals surface area contributed by atoms with E-state index < -0.39 is 0 Å². The minimum Gasteiger partial charge on any atom is -0.398 e. The summed E-state index contributed by atoms with van der Waals surface area (Å²) in [5.74, 6) is 0. The Kier molecular flexibility index (Phi) is 7.22. The second-order valence-electron chi connectivity index (χ2n) is 12.8. The van der Waals surface area contributed by atoms with Gasteiger partial charge in [-0.15, -0.1) is 0 Å². The molecular formula is C44H32N8. The fourth-order valence-electron chi connectivity index (χ4n) is 7.04. The minimum atomic E-state index is 0.564. The Hall–Kier alpha value is -7.32. The number of aliphatic imine (C=N–C) groups is 4. The molecule has 0 amide bonds. The number of hydrogen-bond acceptors (Lipinski definition) is 8. The van der Waals surface area contributed by atoms with Crippen LogP contribution in [-0.2, 0) is 0 Å². The quantitative estimate of drug-likeness (QED) is 0.162. The number of nitrogens with zero attached hydrogens (tertiary/aromatic N) is 4. The average Bonchev–Trinajstić information content (AvgIpc) is 3.95. The van der Waals surface area contributed by atoms with Crippen molar-refractivity contribution < 1.29 is 0 Å². The second-order valence-corrected chi connectivity index (χ2v) is 12.8. The molecule has 0 saturated carbocycles. The summed E-state index contributed by atoms with van der Waals surface area (Å²) in [4.78, 5) is 20.6. The molecule has 0 spiro atoms. The van der Waals surface area contributed by atoms with Crippen LogP contribution in [0.25, 0.3) is 22.3 Å².